The van der Waals surface area contributed by atoms with Gasteiger partial charge in [0.1, 0.15) is 6.04 Å². The van der Waals surface area contributed by atoms with Gasteiger partial charge in [-0.05, 0) is 20.9 Å². The molecule has 1 atom stereocenters. The summed E-state index contributed by atoms with van der Waals surface area (Å²) in [4.78, 5) is 5.28. The number of hydrogen-bond donors (Lipinski definition) is 1. The van der Waals surface area contributed by atoms with E-state index in [9.17, 15) is 0 Å². The van der Waals surface area contributed by atoms with Gasteiger partial charge in [0.2, 0.25) is 0 Å². The summed E-state index contributed by atoms with van der Waals surface area (Å²) in [6, 6.07) is 1.97. The molecule has 0 radical (unpaired) electrons. The molecule has 1 rings (SSSR count). The molecule has 0 saturated carbocycles. The van der Waals surface area contributed by atoms with Crippen LogP contribution in [0, 0.1) is 25.2 Å². The average molecular weight is 181 g/mol. The van der Waals surface area contributed by atoms with Crippen LogP contribution >= 0.6 is 11.3 Å². The number of nitrogens with zero attached hydrogens (tertiary/aromatic N) is 2. The molecular formula is C8H11N3S. The zero-order valence-corrected chi connectivity index (χ0v) is 8.20. The van der Waals surface area contributed by atoms with Gasteiger partial charge in [-0.2, -0.15) is 5.26 Å². The Hall–Kier alpha value is -0.920. The molecule has 0 aliphatic rings. The Labute approximate surface area is 76.1 Å². The van der Waals surface area contributed by atoms with Crippen molar-refractivity contribution in [3.63, 3.8) is 0 Å². The number of rotatable bonds is 2. The van der Waals surface area contributed by atoms with Gasteiger partial charge < -0.3 is 5.32 Å². The van der Waals surface area contributed by atoms with Crippen LogP contribution in [0.15, 0.2) is 0 Å². The zero-order valence-electron chi connectivity index (χ0n) is 7.38. The van der Waals surface area contributed by atoms with Crippen LogP contribution in [-0.4, -0.2) is 12.0 Å². The van der Waals surface area contributed by atoms with Gasteiger partial charge in [-0.15, -0.1) is 11.3 Å². The van der Waals surface area contributed by atoms with E-state index < -0.39 is 0 Å². The fourth-order valence-corrected chi connectivity index (χ4v) is 2.05. The van der Waals surface area contributed by atoms with Crippen molar-refractivity contribution in [3.8, 4) is 6.07 Å². The Balaban J connectivity index is 3.02. The van der Waals surface area contributed by atoms with Crippen LogP contribution in [-0.2, 0) is 0 Å². The normalized spacial score (nSPS) is 12.5. The first-order valence-electron chi connectivity index (χ1n) is 3.70. The lowest BCUT2D eigenvalue weighted by Crippen LogP contribution is -2.13. The predicted octanol–water partition coefficient (Wildman–Crippen LogP) is 1.54. The van der Waals surface area contributed by atoms with Crippen molar-refractivity contribution >= 4 is 11.3 Å². The fourth-order valence-electron chi connectivity index (χ4n) is 1.07. The number of nitrogens with one attached hydrogen (secondary N) is 1. The number of nitriles is 1. The van der Waals surface area contributed by atoms with Gasteiger partial charge in [0.15, 0.2) is 0 Å². The molecule has 1 unspecified atom stereocenters. The Morgan fingerprint density at radius 3 is 2.58 bits per heavy atom. The summed E-state index contributed by atoms with van der Waals surface area (Å²) in [5, 5.41) is 12.7. The number of aromatic nitrogens is 1. The minimum absolute atomic E-state index is 0.212. The van der Waals surface area contributed by atoms with Crippen molar-refractivity contribution in [1.82, 2.24) is 10.3 Å². The van der Waals surface area contributed by atoms with Gasteiger partial charge in [-0.1, -0.05) is 0 Å². The summed E-state index contributed by atoms with van der Waals surface area (Å²) < 4.78 is 0. The smallest absolute Gasteiger partial charge is 0.132 e. The van der Waals surface area contributed by atoms with Gasteiger partial charge in [-0.3, -0.25) is 0 Å². The predicted molar refractivity (Wildman–Crippen MR) is 49.0 cm³/mol. The van der Waals surface area contributed by atoms with E-state index in [0.717, 1.165) is 15.6 Å². The molecule has 0 aromatic carbocycles. The highest BCUT2D eigenvalue weighted by Gasteiger charge is 2.14. The zero-order chi connectivity index (χ0) is 9.14. The topological polar surface area (TPSA) is 48.7 Å². The molecule has 12 heavy (non-hydrogen) atoms. The molecule has 0 fully saturated rings. The summed E-state index contributed by atoms with van der Waals surface area (Å²) in [6.45, 7) is 3.88. The maximum atomic E-state index is 8.78. The summed E-state index contributed by atoms with van der Waals surface area (Å²) in [6.07, 6.45) is 0. The number of hydrogen-bond acceptors (Lipinski definition) is 4. The van der Waals surface area contributed by atoms with E-state index in [1.165, 1.54) is 0 Å². The van der Waals surface area contributed by atoms with Gasteiger partial charge in [-0.25, -0.2) is 4.98 Å². The van der Waals surface area contributed by atoms with Gasteiger partial charge in [0, 0.05) is 0 Å². The third kappa shape index (κ3) is 1.63. The van der Waals surface area contributed by atoms with Crippen molar-refractivity contribution in [2.24, 2.45) is 0 Å². The summed E-state index contributed by atoms with van der Waals surface area (Å²) in [7, 11) is 1.78. The molecule has 1 aromatic rings. The molecule has 64 valence electrons. The molecule has 0 aliphatic heterocycles. The first kappa shape index (κ1) is 9.17. The summed E-state index contributed by atoms with van der Waals surface area (Å²) >= 11 is 1.58. The molecule has 4 heteroatoms. The maximum absolute atomic E-state index is 8.78. The van der Waals surface area contributed by atoms with Crippen LogP contribution < -0.4 is 5.32 Å². The highest BCUT2D eigenvalue weighted by molar-refractivity contribution is 7.11. The first-order valence-corrected chi connectivity index (χ1v) is 4.51. The van der Waals surface area contributed by atoms with Crippen LogP contribution in [0.2, 0.25) is 0 Å². The molecule has 0 aliphatic carbocycles. The first-order chi connectivity index (χ1) is 5.69. The van der Waals surface area contributed by atoms with E-state index in [4.69, 9.17) is 5.26 Å². The summed E-state index contributed by atoms with van der Waals surface area (Å²) in [5.41, 5.74) is 0.957. The molecule has 0 saturated heterocycles. The maximum Gasteiger partial charge on any atom is 0.132 e. The van der Waals surface area contributed by atoms with Crippen molar-refractivity contribution < 1.29 is 0 Å². The molecule has 1 aromatic heterocycles. The third-order valence-electron chi connectivity index (χ3n) is 1.62. The monoisotopic (exact) mass is 181 g/mol. The van der Waals surface area contributed by atoms with Gasteiger partial charge in [0.05, 0.1) is 21.6 Å². The van der Waals surface area contributed by atoms with E-state index in [0.29, 0.717) is 0 Å². The highest BCUT2D eigenvalue weighted by atomic mass is 32.1. The molecule has 0 spiro atoms. The van der Waals surface area contributed by atoms with Crippen molar-refractivity contribution in [3.05, 3.63) is 15.6 Å². The van der Waals surface area contributed by atoms with Crippen LogP contribution in [0.4, 0.5) is 0 Å². The molecule has 0 amide bonds. The Kier molecular flexibility index (Phi) is 2.79. The number of aryl methyl sites for hydroxylation is 2. The van der Waals surface area contributed by atoms with Crippen LogP contribution in [0.5, 0.6) is 0 Å². The van der Waals surface area contributed by atoms with Crippen LogP contribution in [0.1, 0.15) is 21.6 Å². The van der Waals surface area contributed by atoms with E-state index in [2.05, 4.69) is 16.4 Å². The Morgan fingerprint density at radius 1 is 1.58 bits per heavy atom. The molecule has 3 nitrogen and oxygen atoms in total. The van der Waals surface area contributed by atoms with Gasteiger partial charge in [0.25, 0.3) is 0 Å². The van der Waals surface area contributed by atoms with Crippen molar-refractivity contribution in [2.45, 2.75) is 19.9 Å². The fraction of sp³-hybridized carbons (Fsp3) is 0.500. The Morgan fingerprint density at radius 2 is 2.25 bits per heavy atom. The van der Waals surface area contributed by atoms with Crippen molar-refractivity contribution in [2.75, 3.05) is 7.05 Å². The average Bonchev–Trinajstić information content (AvgIpc) is 2.34. The van der Waals surface area contributed by atoms with Crippen LogP contribution in [0.25, 0.3) is 0 Å². The molecule has 0 bridgehead atoms. The standard InChI is InChI=1S/C8H11N3S/c1-5-8(7(4-9)10-3)12-6(2)11-5/h7,10H,1-3H3. The van der Waals surface area contributed by atoms with Gasteiger partial charge >= 0.3 is 0 Å². The number of thiazole rings is 1. The second kappa shape index (κ2) is 3.65. The quantitative estimate of drug-likeness (QED) is 0.753. The molecule has 1 N–H and O–H groups in total. The third-order valence-corrected chi connectivity index (χ3v) is 2.76. The highest BCUT2D eigenvalue weighted by Crippen LogP contribution is 2.23. The minimum atomic E-state index is -0.212. The lowest BCUT2D eigenvalue weighted by molar-refractivity contribution is 0.733. The largest absolute Gasteiger partial charge is 0.301 e. The Bertz CT molecular complexity index is 311. The lowest BCUT2D eigenvalue weighted by Gasteiger charge is -2.03. The van der Waals surface area contributed by atoms with E-state index >= 15 is 0 Å². The molecule has 1 heterocycles. The second-order valence-electron chi connectivity index (χ2n) is 2.53. The van der Waals surface area contributed by atoms with E-state index in [-0.39, 0.29) is 6.04 Å². The van der Waals surface area contributed by atoms with Crippen molar-refractivity contribution in [1.29, 1.82) is 5.26 Å². The van der Waals surface area contributed by atoms with E-state index in [1.807, 2.05) is 13.8 Å². The summed E-state index contributed by atoms with van der Waals surface area (Å²) in [5.74, 6) is 0. The second-order valence-corrected chi connectivity index (χ2v) is 3.77. The lowest BCUT2D eigenvalue weighted by atomic mass is 10.2. The SMILES string of the molecule is CNC(C#N)c1sc(C)nc1C. The van der Waals surface area contributed by atoms with Crippen LogP contribution in [0.3, 0.4) is 0 Å². The molecular weight excluding hydrogens is 170 g/mol. The minimum Gasteiger partial charge on any atom is -0.301 e. The van der Waals surface area contributed by atoms with E-state index in [1.54, 1.807) is 18.4 Å².